The van der Waals surface area contributed by atoms with Crippen LogP contribution in [0.15, 0.2) is 0 Å². The Labute approximate surface area is 102 Å². The van der Waals surface area contributed by atoms with E-state index in [1.54, 1.807) is 0 Å². The first-order valence-electron chi connectivity index (χ1n) is 5.97. The fourth-order valence-corrected chi connectivity index (χ4v) is 1.61. The highest BCUT2D eigenvalue weighted by Gasteiger charge is 2.24. The van der Waals surface area contributed by atoms with Crippen molar-refractivity contribution in [2.24, 2.45) is 5.41 Å². The summed E-state index contributed by atoms with van der Waals surface area (Å²) in [5.74, 6) is 0. The second-order valence-corrected chi connectivity index (χ2v) is 6.60. The van der Waals surface area contributed by atoms with Crippen molar-refractivity contribution in [3.63, 3.8) is 0 Å². The Morgan fingerprint density at radius 1 is 0.875 bits per heavy atom. The molecule has 0 N–H and O–H groups in total. The minimum Gasteiger partial charge on any atom is -0.379 e. The van der Waals surface area contributed by atoms with Gasteiger partial charge in [-0.15, -0.1) is 0 Å². The van der Waals surface area contributed by atoms with Crippen LogP contribution in [0.2, 0.25) is 0 Å². The highest BCUT2D eigenvalue weighted by atomic mass is 16.5. The van der Waals surface area contributed by atoms with Gasteiger partial charge in [0.05, 0.1) is 13.2 Å². The van der Waals surface area contributed by atoms with E-state index in [1.807, 2.05) is 0 Å². The highest BCUT2D eigenvalue weighted by Crippen LogP contribution is 2.18. The Hall–Kier alpha value is -0.120. The average molecular weight is 230 g/mol. The van der Waals surface area contributed by atoms with Crippen LogP contribution in [-0.2, 0) is 4.74 Å². The molecule has 0 aromatic rings. The first-order valence-corrected chi connectivity index (χ1v) is 5.97. The molecule has 0 unspecified atom stereocenters. The molecule has 0 aliphatic rings. The maximum atomic E-state index is 5.86. The monoisotopic (exact) mass is 230 g/mol. The zero-order valence-corrected chi connectivity index (χ0v) is 12.4. The molecule has 0 saturated heterocycles. The summed E-state index contributed by atoms with van der Waals surface area (Å²) in [5.41, 5.74) is 0.320. The van der Waals surface area contributed by atoms with Crippen LogP contribution in [-0.4, -0.2) is 63.3 Å². The van der Waals surface area contributed by atoms with Gasteiger partial charge in [-0.1, -0.05) is 13.8 Å². The minimum absolute atomic E-state index is 0.105. The molecule has 0 saturated carbocycles. The van der Waals surface area contributed by atoms with Crippen molar-refractivity contribution in [3.05, 3.63) is 0 Å². The summed E-state index contributed by atoms with van der Waals surface area (Å²) >= 11 is 0. The topological polar surface area (TPSA) is 15.7 Å². The minimum atomic E-state index is 0.105. The van der Waals surface area contributed by atoms with Crippen molar-refractivity contribution in [2.75, 3.05) is 47.9 Å². The van der Waals surface area contributed by atoms with Crippen LogP contribution < -0.4 is 0 Å². The first-order chi connectivity index (χ1) is 7.07. The second kappa shape index (κ2) is 5.99. The van der Waals surface area contributed by atoms with Crippen molar-refractivity contribution >= 4 is 0 Å². The molecule has 0 aromatic heterocycles. The van der Waals surface area contributed by atoms with Crippen molar-refractivity contribution in [2.45, 2.75) is 33.2 Å². The van der Waals surface area contributed by atoms with Gasteiger partial charge in [-0.3, -0.25) is 0 Å². The quantitative estimate of drug-likeness (QED) is 0.665. The van der Waals surface area contributed by atoms with Crippen LogP contribution in [0.25, 0.3) is 0 Å². The van der Waals surface area contributed by atoms with Crippen LogP contribution >= 0.6 is 0 Å². The molecule has 0 rings (SSSR count). The summed E-state index contributed by atoms with van der Waals surface area (Å²) in [6.07, 6.45) is 0. The van der Waals surface area contributed by atoms with Gasteiger partial charge in [0.1, 0.15) is 0 Å². The molecule has 0 aliphatic heterocycles. The predicted octanol–water partition coefficient (Wildman–Crippen LogP) is 1.93. The fraction of sp³-hybridized carbons (Fsp3) is 1.00. The molecule has 3 nitrogen and oxygen atoms in total. The number of hydrogen-bond donors (Lipinski definition) is 0. The van der Waals surface area contributed by atoms with Gasteiger partial charge < -0.3 is 14.5 Å². The van der Waals surface area contributed by atoms with Gasteiger partial charge in [-0.25, -0.2) is 0 Å². The zero-order valence-electron chi connectivity index (χ0n) is 12.4. The van der Waals surface area contributed by atoms with Crippen molar-refractivity contribution in [1.82, 2.24) is 9.80 Å². The fourth-order valence-electron chi connectivity index (χ4n) is 1.61. The summed E-state index contributed by atoms with van der Waals surface area (Å²) in [7, 11) is 8.39. The van der Waals surface area contributed by atoms with Crippen LogP contribution in [0.5, 0.6) is 0 Å². The van der Waals surface area contributed by atoms with Crippen molar-refractivity contribution < 1.29 is 4.74 Å². The lowest BCUT2D eigenvalue weighted by Gasteiger charge is -2.34. The molecule has 98 valence electrons. The Kier molecular flexibility index (Phi) is 5.94. The van der Waals surface area contributed by atoms with Gasteiger partial charge in [0, 0.05) is 17.5 Å². The molecule has 0 aliphatic carbocycles. The van der Waals surface area contributed by atoms with Crippen molar-refractivity contribution in [3.8, 4) is 0 Å². The average Bonchev–Trinajstić information content (AvgIpc) is 1.99. The molecule has 0 bridgehead atoms. The Balaban J connectivity index is 3.98. The van der Waals surface area contributed by atoms with E-state index in [0.29, 0.717) is 0 Å². The van der Waals surface area contributed by atoms with Gasteiger partial charge in [-0.05, 0) is 42.0 Å². The normalized spacial score (nSPS) is 13.9. The lowest BCUT2D eigenvalue weighted by atomic mass is 9.94. The maximum absolute atomic E-state index is 5.86. The molecule has 16 heavy (non-hydrogen) atoms. The smallest absolute Gasteiger partial charge is 0.0645 e. The van der Waals surface area contributed by atoms with E-state index in [0.717, 1.165) is 19.8 Å². The van der Waals surface area contributed by atoms with Crippen LogP contribution in [0.3, 0.4) is 0 Å². The molecule has 0 spiro atoms. The third-order valence-electron chi connectivity index (χ3n) is 2.90. The molecule has 0 amide bonds. The molecule has 3 heteroatoms. The molecule has 0 radical (unpaired) electrons. The number of nitrogens with zero attached hydrogens (tertiary/aromatic N) is 2. The van der Waals surface area contributed by atoms with Gasteiger partial charge >= 0.3 is 0 Å². The highest BCUT2D eigenvalue weighted by molar-refractivity contribution is 4.77. The zero-order chi connectivity index (χ0) is 13.0. The number of hydrogen-bond acceptors (Lipinski definition) is 3. The van der Waals surface area contributed by atoms with Gasteiger partial charge in [-0.2, -0.15) is 0 Å². The Morgan fingerprint density at radius 2 is 1.38 bits per heavy atom. The lowest BCUT2D eigenvalue weighted by Crippen LogP contribution is -2.43. The van der Waals surface area contributed by atoms with E-state index in [1.165, 1.54) is 0 Å². The number of rotatable bonds is 7. The van der Waals surface area contributed by atoms with Crippen LogP contribution in [0, 0.1) is 5.41 Å². The molecular weight excluding hydrogens is 200 g/mol. The Morgan fingerprint density at radius 3 is 1.75 bits per heavy atom. The molecule has 0 aromatic carbocycles. The molecular formula is C13H30N2O. The van der Waals surface area contributed by atoms with E-state index < -0.39 is 0 Å². The van der Waals surface area contributed by atoms with E-state index in [4.69, 9.17) is 4.74 Å². The van der Waals surface area contributed by atoms with E-state index in [2.05, 4.69) is 65.7 Å². The summed E-state index contributed by atoms with van der Waals surface area (Å²) in [6.45, 7) is 11.5. The van der Waals surface area contributed by atoms with E-state index in [-0.39, 0.29) is 11.0 Å². The van der Waals surface area contributed by atoms with Crippen LogP contribution in [0.4, 0.5) is 0 Å². The van der Waals surface area contributed by atoms with E-state index >= 15 is 0 Å². The van der Waals surface area contributed by atoms with Crippen LogP contribution in [0.1, 0.15) is 27.7 Å². The number of likely N-dealkylation sites (N-methyl/N-ethyl adjacent to an activating group) is 1. The molecule has 0 fully saturated rings. The molecule has 0 heterocycles. The third-order valence-corrected chi connectivity index (χ3v) is 2.90. The first kappa shape index (κ1) is 15.9. The largest absolute Gasteiger partial charge is 0.379 e. The second-order valence-electron chi connectivity index (χ2n) is 6.60. The summed E-state index contributed by atoms with van der Waals surface area (Å²) in [5, 5.41) is 0. The van der Waals surface area contributed by atoms with E-state index in [9.17, 15) is 0 Å². The third kappa shape index (κ3) is 6.46. The summed E-state index contributed by atoms with van der Waals surface area (Å²) < 4.78 is 5.86. The van der Waals surface area contributed by atoms with Gasteiger partial charge in [0.15, 0.2) is 0 Å². The van der Waals surface area contributed by atoms with Gasteiger partial charge in [0.25, 0.3) is 0 Å². The Bertz CT molecular complexity index is 198. The predicted molar refractivity (Wildman–Crippen MR) is 70.9 cm³/mol. The summed E-state index contributed by atoms with van der Waals surface area (Å²) in [4.78, 5) is 4.41. The van der Waals surface area contributed by atoms with Crippen molar-refractivity contribution in [1.29, 1.82) is 0 Å². The SMILES string of the molecule is CN(C)CC(C)(C)COCC(C)(C)N(C)C. The standard InChI is InChI=1S/C13H30N2O/c1-12(2,9-14(5)6)10-16-11-13(3,4)15(7)8/h9-11H2,1-8H3. The lowest BCUT2D eigenvalue weighted by molar-refractivity contribution is -0.00589. The number of ether oxygens (including phenoxy) is 1. The summed E-state index contributed by atoms with van der Waals surface area (Å²) in [6, 6.07) is 0. The van der Waals surface area contributed by atoms with Gasteiger partial charge in [0.2, 0.25) is 0 Å². The molecule has 0 atom stereocenters. The maximum Gasteiger partial charge on any atom is 0.0645 e.